The van der Waals surface area contributed by atoms with E-state index in [1.54, 1.807) is 18.2 Å². The summed E-state index contributed by atoms with van der Waals surface area (Å²) in [5, 5.41) is 0. The number of halogens is 4. The first-order valence-electron chi connectivity index (χ1n) is 13.5. The molecule has 2 aromatic carbocycles. The van der Waals surface area contributed by atoms with Gasteiger partial charge in [0.15, 0.2) is 11.6 Å². The van der Waals surface area contributed by atoms with Gasteiger partial charge in [-0.1, -0.05) is 31.9 Å². The summed E-state index contributed by atoms with van der Waals surface area (Å²) in [5.41, 5.74) is 2.30. The van der Waals surface area contributed by atoms with E-state index >= 15 is 8.78 Å². The molecule has 4 heteroatoms. The van der Waals surface area contributed by atoms with Crippen LogP contribution < -0.4 is 0 Å². The van der Waals surface area contributed by atoms with Gasteiger partial charge in [-0.2, -0.15) is 0 Å². The molecule has 0 N–H and O–H groups in total. The maximum Gasteiger partial charge on any atom is 0.159 e. The molecular formula is C31H36F4. The Hall–Kier alpha value is -2.10. The Kier molecular flexibility index (Phi) is 7.37. The highest BCUT2D eigenvalue weighted by molar-refractivity contribution is 5.68. The van der Waals surface area contributed by atoms with Crippen molar-refractivity contribution in [2.24, 2.45) is 17.8 Å². The van der Waals surface area contributed by atoms with Crippen LogP contribution in [0.5, 0.6) is 0 Å². The minimum absolute atomic E-state index is 0.0295. The zero-order valence-corrected chi connectivity index (χ0v) is 20.6. The summed E-state index contributed by atoms with van der Waals surface area (Å²) in [4.78, 5) is 0. The van der Waals surface area contributed by atoms with Crippen LogP contribution in [0.25, 0.3) is 5.57 Å². The van der Waals surface area contributed by atoms with Crippen LogP contribution in [0.3, 0.4) is 0 Å². The van der Waals surface area contributed by atoms with E-state index in [4.69, 9.17) is 0 Å². The van der Waals surface area contributed by atoms with Gasteiger partial charge in [0.05, 0.1) is 0 Å². The van der Waals surface area contributed by atoms with Gasteiger partial charge < -0.3 is 0 Å². The highest BCUT2D eigenvalue weighted by Crippen LogP contribution is 2.45. The van der Waals surface area contributed by atoms with Crippen LogP contribution in [0, 0.1) is 41.0 Å². The molecule has 2 fully saturated rings. The van der Waals surface area contributed by atoms with Crippen molar-refractivity contribution in [2.75, 3.05) is 0 Å². The van der Waals surface area contributed by atoms with Gasteiger partial charge in [-0.15, -0.1) is 0 Å². The Labute approximate surface area is 206 Å². The summed E-state index contributed by atoms with van der Waals surface area (Å²) in [7, 11) is 0. The Morgan fingerprint density at radius 1 is 0.600 bits per heavy atom. The third-order valence-corrected chi connectivity index (χ3v) is 9.18. The molecule has 0 radical (unpaired) electrons. The van der Waals surface area contributed by atoms with Crippen LogP contribution in [-0.2, 0) is 0 Å². The molecule has 1 atom stereocenters. The molecule has 0 heterocycles. The van der Waals surface area contributed by atoms with Crippen LogP contribution in [0.4, 0.5) is 17.6 Å². The monoisotopic (exact) mass is 484 g/mol. The molecule has 2 aromatic rings. The number of benzene rings is 2. The van der Waals surface area contributed by atoms with Crippen LogP contribution in [0.15, 0.2) is 36.4 Å². The predicted octanol–water partition coefficient (Wildman–Crippen LogP) is 9.69. The van der Waals surface area contributed by atoms with Crippen LogP contribution in [-0.4, -0.2) is 0 Å². The maximum absolute atomic E-state index is 15.2. The van der Waals surface area contributed by atoms with Gasteiger partial charge in [0, 0.05) is 5.56 Å². The molecule has 1 unspecified atom stereocenters. The maximum atomic E-state index is 15.2. The molecule has 0 amide bonds. The predicted molar refractivity (Wildman–Crippen MR) is 133 cm³/mol. The average molecular weight is 485 g/mol. The lowest BCUT2D eigenvalue weighted by molar-refractivity contribution is 0.165. The van der Waals surface area contributed by atoms with E-state index in [1.807, 2.05) is 6.08 Å². The van der Waals surface area contributed by atoms with Gasteiger partial charge in [-0.05, 0) is 128 Å². The molecule has 0 nitrogen and oxygen atoms in total. The number of hydrogen-bond donors (Lipinski definition) is 0. The van der Waals surface area contributed by atoms with Gasteiger partial charge in [-0.25, -0.2) is 17.6 Å². The second-order valence-corrected chi connectivity index (χ2v) is 11.4. The fourth-order valence-corrected chi connectivity index (χ4v) is 6.95. The Balaban J connectivity index is 1.24. The van der Waals surface area contributed by atoms with E-state index in [9.17, 15) is 8.78 Å². The summed E-state index contributed by atoms with van der Waals surface area (Å²) < 4.78 is 57.3. The van der Waals surface area contributed by atoms with Gasteiger partial charge >= 0.3 is 0 Å². The molecule has 188 valence electrons. The summed E-state index contributed by atoms with van der Waals surface area (Å²) in [6.07, 6.45) is 13.4. The molecular weight excluding hydrogens is 448 g/mol. The van der Waals surface area contributed by atoms with Crippen LogP contribution in [0.1, 0.15) is 106 Å². The Morgan fingerprint density at radius 3 is 1.77 bits per heavy atom. The summed E-state index contributed by atoms with van der Waals surface area (Å²) >= 11 is 0. The van der Waals surface area contributed by atoms with E-state index in [1.165, 1.54) is 44.6 Å². The third-order valence-electron chi connectivity index (χ3n) is 9.18. The van der Waals surface area contributed by atoms with Gasteiger partial charge in [0.2, 0.25) is 0 Å². The van der Waals surface area contributed by atoms with E-state index in [0.29, 0.717) is 24.8 Å². The Morgan fingerprint density at radius 2 is 1.20 bits per heavy atom. The van der Waals surface area contributed by atoms with E-state index in [-0.39, 0.29) is 17.4 Å². The van der Waals surface area contributed by atoms with Gasteiger partial charge in [-0.3, -0.25) is 0 Å². The van der Waals surface area contributed by atoms with Gasteiger partial charge in [0.1, 0.15) is 11.6 Å². The second-order valence-electron chi connectivity index (χ2n) is 11.4. The molecule has 3 aliphatic rings. The van der Waals surface area contributed by atoms with Crippen molar-refractivity contribution >= 4 is 5.57 Å². The SMILES string of the molecule is CC1CCC(C2CCC(c3cc(F)c(C4=CCC(c5ccc(F)c(F)c5)CC4)c(F)c3)CC2)CC1. The standard InChI is InChI=1S/C31H36F4/c1-19-2-4-20(5-3-19)21-6-8-23(9-7-21)26-17-29(34)31(30(35)18-26)24-12-10-22(11-13-24)25-14-15-27(32)28(33)16-25/h12,14-23H,2-11,13H2,1H3. The minimum Gasteiger partial charge on any atom is -0.206 e. The lowest BCUT2D eigenvalue weighted by Gasteiger charge is -2.37. The molecule has 35 heavy (non-hydrogen) atoms. The lowest BCUT2D eigenvalue weighted by atomic mass is 9.68. The highest BCUT2D eigenvalue weighted by Gasteiger charge is 2.31. The minimum atomic E-state index is -0.859. The molecule has 2 saturated carbocycles. The quantitative estimate of drug-likeness (QED) is 0.379. The van der Waals surface area contributed by atoms with Crippen molar-refractivity contribution < 1.29 is 17.6 Å². The lowest BCUT2D eigenvalue weighted by Crippen LogP contribution is -2.24. The number of hydrogen-bond acceptors (Lipinski definition) is 0. The molecule has 0 aliphatic heterocycles. The molecule has 0 saturated heterocycles. The largest absolute Gasteiger partial charge is 0.206 e. The smallest absolute Gasteiger partial charge is 0.159 e. The second kappa shape index (κ2) is 10.5. The van der Waals surface area contributed by atoms with Crippen molar-refractivity contribution in [1.82, 2.24) is 0 Å². The first-order valence-corrected chi connectivity index (χ1v) is 13.5. The molecule has 3 aliphatic carbocycles. The molecule has 0 spiro atoms. The first-order chi connectivity index (χ1) is 16.9. The average Bonchev–Trinajstić information content (AvgIpc) is 2.86. The number of rotatable bonds is 4. The molecule has 5 rings (SSSR count). The van der Waals surface area contributed by atoms with Gasteiger partial charge in [0.25, 0.3) is 0 Å². The van der Waals surface area contributed by atoms with Crippen molar-refractivity contribution in [3.05, 3.63) is 76.4 Å². The zero-order valence-electron chi connectivity index (χ0n) is 20.6. The van der Waals surface area contributed by atoms with E-state index in [2.05, 4.69) is 6.92 Å². The topological polar surface area (TPSA) is 0 Å². The molecule has 0 aromatic heterocycles. The summed E-state index contributed by atoms with van der Waals surface area (Å²) in [5.74, 6) is 0.102. The van der Waals surface area contributed by atoms with E-state index < -0.39 is 23.3 Å². The fourth-order valence-electron chi connectivity index (χ4n) is 6.95. The Bertz CT molecular complexity index is 1050. The normalized spacial score (nSPS) is 29.6. The van der Waals surface area contributed by atoms with Crippen LogP contribution in [0.2, 0.25) is 0 Å². The van der Waals surface area contributed by atoms with Crippen molar-refractivity contribution in [3.8, 4) is 0 Å². The van der Waals surface area contributed by atoms with Crippen molar-refractivity contribution in [3.63, 3.8) is 0 Å². The highest BCUT2D eigenvalue weighted by atomic mass is 19.2. The third kappa shape index (κ3) is 5.37. The zero-order chi connectivity index (χ0) is 24.5. The summed E-state index contributed by atoms with van der Waals surface area (Å²) in [6.45, 7) is 2.36. The van der Waals surface area contributed by atoms with Crippen molar-refractivity contribution in [2.45, 2.75) is 89.4 Å². The fraction of sp³-hybridized carbons (Fsp3) is 0.548. The van der Waals surface area contributed by atoms with E-state index in [0.717, 1.165) is 47.8 Å². The molecule has 0 bridgehead atoms. The number of allylic oxidation sites excluding steroid dienone is 2. The first kappa shape index (κ1) is 24.6. The van der Waals surface area contributed by atoms with Crippen LogP contribution >= 0.6 is 0 Å². The summed E-state index contributed by atoms with van der Waals surface area (Å²) in [6, 6.07) is 7.10. The van der Waals surface area contributed by atoms with Crippen molar-refractivity contribution in [1.29, 1.82) is 0 Å².